The van der Waals surface area contributed by atoms with Crippen LogP contribution in [0.1, 0.15) is 42.4 Å². The number of fused-ring (bicyclic) bond motifs is 3. The van der Waals surface area contributed by atoms with Crippen LogP contribution in [0.2, 0.25) is 0 Å². The third kappa shape index (κ3) is 9.81. The number of alkyl carbamates (subject to hydrolysis) is 1. The van der Waals surface area contributed by atoms with Crippen molar-refractivity contribution in [2.75, 3.05) is 6.61 Å². The molecule has 3 aromatic carbocycles. The molecule has 51 heavy (non-hydrogen) atoms. The average molecular weight is 706 g/mol. The topological polar surface area (TPSA) is 255 Å². The van der Waals surface area contributed by atoms with Crippen LogP contribution in [0.4, 0.5) is 4.79 Å². The first-order valence-electron chi connectivity index (χ1n) is 15.6. The third-order valence-corrected chi connectivity index (χ3v) is 8.03. The van der Waals surface area contributed by atoms with Gasteiger partial charge in [-0.2, -0.15) is 0 Å². The molecule has 0 radical (unpaired) electrons. The molecule has 0 bridgehead atoms. The summed E-state index contributed by atoms with van der Waals surface area (Å²) in [4.78, 5) is 84.8. The molecule has 3 atom stereocenters. The molecule has 0 fully saturated rings. The molecule has 1 aliphatic carbocycles. The Morgan fingerprint density at radius 3 is 1.76 bits per heavy atom. The monoisotopic (exact) mass is 705 g/mol. The lowest BCUT2D eigenvalue weighted by atomic mass is 9.98. The molecule has 16 nitrogen and oxygen atoms in total. The van der Waals surface area contributed by atoms with Gasteiger partial charge < -0.3 is 45.9 Å². The molecule has 7 N–H and O–H groups in total. The maximum Gasteiger partial charge on any atom is 0.407 e. The molecule has 268 valence electrons. The van der Waals surface area contributed by atoms with Crippen LogP contribution in [-0.4, -0.2) is 93.0 Å². The van der Waals surface area contributed by atoms with E-state index >= 15 is 0 Å². The molecule has 0 unspecified atom stereocenters. The molecule has 4 rings (SSSR count). The zero-order chi connectivity index (χ0) is 37.2. The summed E-state index contributed by atoms with van der Waals surface area (Å²) < 4.78 is 10.5. The standard InChI is InChI=1S/C35H35N3O13/c1-18(32(43)44)36-31(42)27(16-19-10-12-20(13-11-19)51-29(33(45)46)34(47)48)37-30(41)26(14-15-28(39)40)38-35(49)50-17-25-23-8-4-2-6-21(23)22-7-3-5-9-24(22)25/h2-13,18,25-27,29H,14-17H2,1H3,(H,36,42)(H,37,41)(H,38,49)(H,39,40)(H,43,44)(H,45,46)(H,47,48)/t18-,26-,27-/m0/s1. The number of carboxylic acid groups (broad SMARTS) is 4. The van der Waals surface area contributed by atoms with Gasteiger partial charge in [-0.1, -0.05) is 60.7 Å². The van der Waals surface area contributed by atoms with E-state index in [0.29, 0.717) is 5.56 Å². The molecule has 3 amide bonds. The Labute approximate surface area is 290 Å². The Balaban J connectivity index is 1.48. The maximum absolute atomic E-state index is 13.5. The Morgan fingerprint density at radius 1 is 0.686 bits per heavy atom. The van der Waals surface area contributed by atoms with Gasteiger partial charge in [-0.25, -0.2) is 14.4 Å². The van der Waals surface area contributed by atoms with Crippen molar-refractivity contribution in [3.63, 3.8) is 0 Å². The molecule has 1 aliphatic rings. The number of rotatable bonds is 17. The molecular weight excluding hydrogens is 670 g/mol. The molecule has 3 aromatic rings. The summed E-state index contributed by atoms with van der Waals surface area (Å²) >= 11 is 0. The number of hydrogen-bond donors (Lipinski definition) is 7. The van der Waals surface area contributed by atoms with E-state index in [4.69, 9.17) is 19.7 Å². The van der Waals surface area contributed by atoms with Crippen molar-refractivity contribution in [2.45, 2.75) is 56.3 Å². The molecule has 0 saturated heterocycles. The van der Waals surface area contributed by atoms with Gasteiger partial charge in [0.25, 0.3) is 6.10 Å². The lowest BCUT2D eigenvalue weighted by Crippen LogP contribution is -2.56. The second-order valence-corrected chi connectivity index (χ2v) is 11.6. The predicted molar refractivity (Wildman–Crippen MR) is 176 cm³/mol. The van der Waals surface area contributed by atoms with Crippen molar-refractivity contribution in [3.8, 4) is 16.9 Å². The SMILES string of the molecule is C[C@H](NC(=O)[C@H](Cc1ccc(OC(C(=O)O)C(=O)O)cc1)NC(=O)[C@H](CCC(=O)O)NC(=O)OCC1c2ccccc2-c2ccccc21)C(=O)O. The first kappa shape index (κ1) is 37.4. The van der Waals surface area contributed by atoms with Gasteiger partial charge >= 0.3 is 30.0 Å². The van der Waals surface area contributed by atoms with Crippen molar-refractivity contribution in [1.29, 1.82) is 0 Å². The zero-order valence-corrected chi connectivity index (χ0v) is 27.1. The Morgan fingerprint density at radius 2 is 1.24 bits per heavy atom. The fourth-order valence-electron chi connectivity index (χ4n) is 5.46. The van der Waals surface area contributed by atoms with E-state index in [2.05, 4.69) is 16.0 Å². The number of ether oxygens (including phenoxy) is 2. The molecule has 0 heterocycles. The minimum atomic E-state index is -2.18. The highest BCUT2D eigenvalue weighted by Crippen LogP contribution is 2.44. The number of carbonyl (C=O) groups is 7. The van der Waals surface area contributed by atoms with Gasteiger partial charge in [0, 0.05) is 18.8 Å². The number of aliphatic carboxylic acids is 4. The number of carboxylic acids is 4. The molecule has 0 spiro atoms. The zero-order valence-electron chi connectivity index (χ0n) is 27.1. The van der Waals surface area contributed by atoms with Crippen LogP contribution in [0.15, 0.2) is 72.8 Å². The summed E-state index contributed by atoms with van der Waals surface area (Å²) in [7, 11) is 0. The largest absolute Gasteiger partial charge is 0.481 e. The maximum atomic E-state index is 13.5. The van der Waals surface area contributed by atoms with Crippen molar-refractivity contribution in [3.05, 3.63) is 89.5 Å². The molecule has 0 aromatic heterocycles. The van der Waals surface area contributed by atoms with Crippen LogP contribution in [0.5, 0.6) is 5.75 Å². The van der Waals surface area contributed by atoms with Gasteiger partial charge in [0.05, 0.1) is 0 Å². The molecular formula is C35H35N3O13. The highest BCUT2D eigenvalue weighted by molar-refractivity contribution is 5.96. The number of amides is 3. The van der Waals surface area contributed by atoms with E-state index in [1.165, 1.54) is 31.2 Å². The predicted octanol–water partition coefficient (Wildman–Crippen LogP) is 1.99. The first-order chi connectivity index (χ1) is 24.2. The van der Waals surface area contributed by atoms with Crippen LogP contribution in [0, 0.1) is 0 Å². The molecule has 16 heteroatoms. The minimum Gasteiger partial charge on any atom is -0.481 e. The van der Waals surface area contributed by atoms with E-state index in [0.717, 1.165) is 22.3 Å². The van der Waals surface area contributed by atoms with E-state index in [9.17, 15) is 43.8 Å². The Kier molecular flexibility index (Phi) is 12.3. The average Bonchev–Trinajstić information content (AvgIpc) is 3.41. The van der Waals surface area contributed by atoms with E-state index in [1.54, 1.807) is 0 Å². The fraction of sp³-hybridized carbons (Fsp3) is 0.286. The van der Waals surface area contributed by atoms with Crippen molar-refractivity contribution in [2.24, 2.45) is 0 Å². The van der Waals surface area contributed by atoms with Crippen molar-refractivity contribution >= 4 is 41.8 Å². The van der Waals surface area contributed by atoms with Gasteiger partial charge in [0.2, 0.25) is 11.8 Å². The number of carbonyl (C=O) groups excluding carboxylic acids is 3. The van der Waals surface area contributed by atoms with Crippen LogP contribution in [-0.2, 0) is 39.9 Å². The second-order valence-electron chi connectivity index (χ2n) is 11.6. The van der Waals surface area contributed by atoms with E-state index < -0.39 is 72.4 Å². The van der Waals surface area contributed by atoms with Crippen molar-refractivity contribution < 1.29 is 63.5 Å². The second kappa shape index (κ2) is 16.8. The van der Waals surface area contributed by atoms with Crippen molar-refractivity contribution in [1.82, 2.24) is 16.0 Å². The highest BCUT2D eigenvalue weighted by Gasteiger charge is 2.32. The normalized spacial score (nSPS) is 13.5. The first-order valence-corrected chi connectivity index (χ1v) is 15.6. The summed E-state index contributed by atoms with van der Waals surface area (Å²) in [5, 5.41) is 43.8. The van der Waals surface area contributed by atoms with E-state index in [1.807, 2.05) is 48.5 Å². The summed E-state index contributed by atoms with van der Waals surface area (Å²) in [5.74, 6) is -8.40. The summed E-state index contributed by atoms with van der Waals surface area (Å²) in [6.07, 6.45) is -4.38. The van der Waals surface area contributed by atoms with Crippen LogP contribution >= 0.6 is 0 Å². The van der Waals surface area contributed by atoms with Gasteiger partial charge in [0.1, 0.15) is 30.5 Å². The van der Waals surface area contributed by atoms with Crippen LogP contribution in [0.3, 0.4) is 0 Å². The Hall–Kier alpha value is -6.45. The van der Waals surface area contributed by atoms with Gasteiger partial charge in [0.15, 0.2) is 0 Å². The number of hydrogen-bond acceptors (Lipinski definition) is 9. The number of benzene rings is 3. The highest BCUT2D eigenvalue weighted by atomic mass is 16.6. The quantitative estimate of drug-likeness (QED) is 0.0994. The van der Waals surface area contributed by atoms with Crippen LogP contribution in [0.25, 0.3) is 11.1 Å². The van der Waals surface area contributed by atoms with Gasteiger partial charge in [-0.15, -0.1) is 0 Å². The van der Waals surface area contributed by atoms with Gasteiger partial charge in [-0.05, 0) is 53.3 Å². The summed E-state index contributed by atoms with van der Waals surface area (Å²) in [6, 6.07) is 16.2. The number of nitrogens with one attached hydrogen (secondary N) is 3. The smallest absolute Gasteiger partial charge is 0.407 e. The minimum absolute atomic E-state index is 0.0926. The lowest BCUT2D eigenvalue weighted by Gasteiger charge is -2.24. The lowest BCUT2D eigenvalue weighted by molar-refractivity contribution is -0.159. The molecule has 0 aliphatic heterocycles. The summed E-state index contributed by atoms with van der Waals surface area (Å²) in [6.45, 7) is 1.10. The van der Waals surface area contributed by atoms with Crippen LogP contribution < -0.4 is 20.7 Å². The fourth-order valence-corrected chi connectivity index (χ4v) is 5.46. The van der Waals surface area contributed by atoms with Gasteiger partial charge in [-0.3, -0.25) is 19.2 Å². The summed E-state index contributed by atoms with van der Waals surface area (Å²) in [5.41, 5.74) is 4.22. The van der Waals surface area contributed by atoms with E-state index in [-0.39, 0.29) is 31.1 Å². The molecule has 0 saturated carbocycles. The third-order valence-electron chi connectivity index (χ3n) is 8.03. The Bertz CT molecular complexity index is 1750.